The van der Waals surface area contributed by atoms with Crippen molar-refractivity contribution >= 4 is 11.7 Å². The first-order valence-corrected chi connectivity index (χ1v) is 8.02. The molecule has 0 bridgehead atoms. The SMILES string of the molecule is CCOC(=O)C(N)Cc1ccc(N2CCOCC2)c(CC)c1. The van der Waals surface area contributed by atoms with Gasteiger partial charge in [-0.25, -0.2) is 0 Å². The van der Waals surface area contributed by atoms with Crippen molar-refractivity contribution in [3.05, 3.63) is 29.3 Å². The number of nitrogens with two attached hydrogens (primary N) is 1. The second-order valence-electron chi connectivity index (χ2n) is 5.48. The van der Waals surface area contributed by atoms with Crippen molar-refractivity contribution in [2.45, 2.75) is 32.7 Å². The molecule has 1 aromatic rings. The number of aryl methyl sites for hydroxylation is 1. The van der Waals surface area contributed by atoms with Gasteiger partial charge < -0.3 is 20.1 Å². The number of anilines is 1. The summed E-state index contributed by atoms with van der Waals surface area (Å²) in [6.07, 6.45) is 1.46. The Hall–Kier alpha value is -1.59. The number of benzene rings is 1. The molecule has 1 unspecified atom stereocenters. The highest BCUT2D eigenvalue weighted by Gasteiger charge is 2.18. The number of morpholine rings is 1. The summed E-state index contributed by atoms with van der Waals surface area (Å²) in [5.41, 5.74) is 9.54. The van der Waals surface area contributed by atoms with Gasteiger partial charge in [0.15, 0.2) is 0 Å². The molecule has 1 aliphatic heterocycles. The molecule has 5 nitrogen and oxygen atoms in total. The first kappa shape index (κ1) is 16.8. The summed E-state index contributed by atoms with van der Waals surface area (Å²) in [5, 5.41) is 0. The van der Waals surface area contributed by atoms with Crippen molar-refractivity contribution < 1.29 is 14.3 Å². The molecular formula is C17H26N2O3. The zero-order valence-corrected chi connectivity index (χ0v) is 13.5. The number of hydrogen-bond donors (Lipinski definition) is 1. The van der Waals surface area contributed by atoms with Gasteiger partial charge in [0, 0.05) is 18.8 Å². The summed E-state index contributed by atoms with van der Waals surface area (Å²) in [4.78, 5) is 14.0. The number of nitrogens with zero attached hydrogens (tertiary/aromatic N) is 1. The molecule has 2 rings (SSSR count). The van der Waals surface area contributed by atoms with Gasteiger partial charge in [-0.3, -0.25) is 4.79 Å². The van der Waals surface area contributed by atoms with Gasteiger partial charge in [-0.1, -0.05) is 19.1 Å². The lowest BCUT2D eigenvalue weighted by Crippen LogP contribution is -2.37. The fourth-order valence-corrected chi connectivity index (χ4v) is 2.75. The van der Waals surface area contributed by atoms with Crippen molar-refractivity contribution in [1.82, 2.24) is 0 Å². The van der Waals surface area contributed by atoms with E-state index in [0.717, 1.165) is 38.3 Å². The quantitative estimate of drug-likeness (QED) is 0.807. The number of esters is 1. The highest BCUT2D eigenvalue weighted by Crippen LogP contribution is 2.24. The van der Waals surface area contributed by atoms with Crippen LogP contribution < -0.4 is 10.6 Å². The first-order chi connectivity index (χ1) is 10.7. The summed E-state index contributed by atoms with van der Waals surface area (Å²) < 4.78 is 10.4. The minimum Gasteiger partial charge on any atom is -0.465 e. The van der Waals surface area contributed by atoms with E-state index in [9.17, 15) is 4.79 Å². The standard InChI is InChI=1S/C17H26N2O3/c1-3-14-11-13(12-15(18)17(20)22-4-2)5-6-16(14)19-7-9-21-10-8-19/h5-6,11,15H,3-4,7-10,12,18H2,1-2H3. The summed E-state index contributed by atoms with van der Waals surface area (Å²) in [5.74, 6) is -0.335. The molecule has 0 amide bonds. The Bertz CT molecular complexity index is 499. The topological polar surface area (TPSA) is 64.8 Å². The second kappa shape index (κ2) is 8.15. The minimum absolute atomic E-state index is 0.335. The molecule has 1 saturated heterocycles. The van der Waals surface area contributed by atoms with Gasteiger partial charge in [0.05, 0.1) is 19.8 Å². The van der Waals surface area contributed by atoms with Gasteiger partial charge in [0.1, 0.15) is 6.04 Å². The number of carbonyl (C=O) groups excluding carboxylic acids is 1. The van der Waals surface area contributed by atoms with Crippen LogP contribution in [0.3, 0.4) is 0 Å². The monoisotopic (exact) mass is 306 g/mol. The Kier molecular flexibility index (Phi) is 6.21. The van der Waals surface area contributed by atoms with E-state index in [1.54, 1.807) is 6.92 Å². The van der Waals surface area contributed by atoms with E-state index < -0.39 is 6.04 Å². The van der Waals surface area contributed by atoms with Crippen LogP contribution in [-0.4, -0.2) is 44.9 Å². The van der Waals surface area contributed by atoms with Crippen LogP contribution in [0.5, 0.6) is 0 Å². The predicted octanol–water partition coefficient (Wildman–Crippen LogP) is 1.52. The molecule has 2 N–H and O–H groups in total. The van der Waals surface area contributed by atoms with Crippen molar-refractivity contribution in [3.8, 4) is 0 Å². The van der Waals surface area contributed by atoms with Crippen LogP contribution in [0.25, 0.3) is 0 Å². The zero-order chi connectivity index (χ0) is 15.9. The Labute approximate surface area is 132 Å². The summed E-state index contributed by atoms with van der Waals surface area (Å²) in [6.45, 7) is 7.70. The van der Waals surface area contributed by atoms with Crippen molar-refractivity contribution in [2.75, 3.05) is 37.8 Å². The molecule has 22 heavy (non-hydrogen) atoms. The largest absolute Gasteiger partial charge is 0.465 e. The highest BCUT2D eigenvalue weighted by molar-refractivity contribution is 5.76. The Balaban J connectivity index is 2.09. The molecule has 0 radical (unpaired) electrons. The number of ether oxygens (including phenoxy) is 2. The molecule has 1 heterocycles. The maximum atomic E-state index is 11.6. The van der Waals surface area contributed by atoms with Crippen molar-refractivity contribution in [1.29, 1.82) is 0 Å². The normalized spacial score (nSPS) is 16.4. The lowest BCUT2D eigenvalue weighted by molar-refractivity contribution is -0.144. The van der Waals surface area contributed by atoms with Crippen LogP contribution >= 0.6 is 0 Å². The second-order valence-corrected chi connectivity index (χ2v) is 5.48. The third-order valence-electron chi connectivity index (χ3n) is 3.92. The number of rotatable bonds is 6. The van der Waals surface area contributed by atoms with Crippen LogP contribution in [0, 0.1) is 0 Å². The number of carbonyl (C=O) groups is 1. The van der Waals surface area contributed by atoms with Gasteiger partial charge in [-0.2, -0.15) is 0 Å². The van der Waals surface area contributed by atoms with Crippen molar-refractivity contribution in [3.63, 3.8) is 0 Å². The van der Waals surface area contributed by atoms with E-state index >= 15 is 0 Å². The highest BCUT2D eigenvalue weighted by atomic mass is 16.5. The molecular weight excluding hydrogens is 280 g/mol. The Morgan fingerprint density at radius 1 is 1.36 bits per heavy atom. The summed E-state index contributed by atoms with van der Waals surface area (Å²) in [6, 6.07) is 5.75. The Morgan fingerprint density at radius 3 is 2.73 bits per heavy atom. The average molecular weight is 306 g/mol. The molecule has 5 heteroatoms. The zero-order valence-electron chi connectivity index (χ0n) is 13.5. The van der Waals surface area contributed by atoms with Crippen LogP contribution in [0.4, 0.5) is 5.69 Å². The third kappa shape index (κ3) is 4.21. The molecule has 1 aromatic carbocycles. The van der Waals surface area contributed by atoms with Crippen molar-refractivity contribution in [2.24, 2.45) is 5.73 Å². The summed E-state index contributed by atoms with van der Waals surface area (Å²) >= 11 is 0. The smallest absolute Gasteiger partial charge is 0.323 e. The maximum Gasteiger partial charge on any atom is 0.323 e. The fourth-order valence-electron chi connectivity index (χ4n) is 2.75. The van der Waals surface area contributed by atoms with Crippen LogP contribution in [-0.2, 0) is 27.1 Å². The summed E-state index contributed by atoms with van der Waals surface area (Å²) in [7, 11) is 0. The molecule has 1 fully saturated rings. The van der Waals surface area contributed by atoms with E-state index in [0.29, 0.717) is 13.0 Å². The Morgan fingerprint density at radius 2 is 2.09 bits per heavy atom. The molecule has 0 saturated carbocycles. The lowest BCUT2D eigenvalue weighted by atomic mass is 10.0. The molecule has 122 valence electrons. The third-order valence-corrected chi connectivity index (χ3v) is 3.92. The van der Waals surface area contributed by atoms with E-state index in [1.807, 2.05) is 0 Å². The predicted molar refractivity (Wildman–Crippen MR) is 87.2 cm³/mol. The van der Waals surface area contributed by atoms with E-state index in [-0.39, 0.29) is 5.97 Å². The van der Waals surface area contributed by atoms with E-state index in [1.165, 1.54) is 11.3 Å². The van der Waals surface area contributed by atoms with Gasteiger partial charge in [0.25, 0.3) is 0 Å². The fraction of sp³-hybridized carbons (Fsp3) is 0.588. The van der Waals surface area contributed by atoms with Gasteiger partial charge in [-0.15, -0.1) is 0 Å². The number of hydrogen-bond acceptors (Lipinski definition) is 5. The van der Waals surface area contributed by atoms with Crippen LogP contribution in [0.2, 0.25) is 0 Å². The van der Waals surface area contributed by atoms with E-state index in [4.69, 9.17) is 15.2 Å². The van der Waals surface area contributed by atoms with Gasteiger partial charge >= 0.3 is 5.97 Å². The van der Waals surface area contributed by atoms with Crippen LogP contribution in [0.15, 0.2) is 18.2 Å². The lowest BCUT2D eigenvalue weighted by Gasteiger charge is -2.31. The maximum absolute atomic E-state index is 11.6. The van der Waals surface area contributed by atoms with Gasteiger partial charge in [-0.05, 0) is 37.0 Å². The molecule has 0 spiro atoms. The molecule has 0 aromatic heterocycles. The van der Waals surface area contributed by atoms with Gasteiger partial charge in [0.2, 0.25) is 0 Å². The van der Waals surface area contributed by atoms with Crippen LogP contribution in [0.1, 0.15) is 25.0 Å². The molecule has 0 aliphatic carbocycles. The average Bonchev–Trinajstić information content (AvgIpc) is 2.55. The molecule has 1 atom stereocenters. The first-order valence-electron chi connectivity index (χ1n) is 8.02. The minimum atomic E-state index is -0.598. The molecule has 1 aliphatic rings. The van der Waals surface area contributed by atoms with E-state index in [2.05, 4.69) is 30.0 Å².